The molecule has 0 saturated heterocycles. The Morgan fingerprint density at radius 3 is 2.39 bits per heavy atom. The third kappa shape index (κ3) is 4.36. The third-order valence-electron chi connectivity index (χ3n) is 5.03. The normalized spacial score (nSPS) is 11.5. The number of sulfone groups is 1. The predicted molar refractivity (Wildman–Crippen MR) is 124 cm³/mol. The van der Waals surface area contributed by atoms with Crippen molar-refractivity contribution in [2.45, 2.75) is 23.3 Å². The SMILES string of the molecule is COc1ccc(CNc2c(S(=O)(=O)c3ccc(Cl)cc3)cnc3ccc(C)cc23)cc1. The Labute approximate surface area is 186 Å². The van der Waals surface area contributed by atoms with Crippen molar-refractivity contribution in [2.24, 2.45) is 0 Å². The molecule has 0 saturated carbocycles. The number of nitrogens with one attached hydrogen (secondary N) is 1. The van der Waals surface area contributed by atoms with Gasteiger partial charge in [-0.1, -0.05) is 35.4 Å². The van der Waals surface area contributed by atoms with Crippen molar-refractivity contribution in [3.05, 3.63) is 89.1 Å². The van der Waals surface area contributed by atoms with Crippen LogP contribution in [0.15, 0.2) is 82.7 Å². The largest absolute Gasteiger partial charge is 0.497 e. The first-order valence-electron chi connectivity index (χ1n) is 9.65. The van der Waals surface area contributed by atoms with E-state index in [4.69, 9.17) is 16.3 Å². The first kappa shape index (κ1) is 21.2. The number of rotatable bonds is 6. The van der Waals surface area contributed by atoms with Crippen LogP contribution < -0.4 is 10.1 Å². The number of anilines is 1. The number of methoxy groups -OCH3 is 1. The van der Waals surface area contributed by atoms with Crippen molar-refractivity contribution in [1.29, 1.82) is 0 Å². The van der Waals surface area contributed by atoms with Crippen molar-refractivity contribution in [3.8, 4) is 5.75 Å². The van der Waals surface area contributed by atoms with Gasteiger partial charge in [-0.25, -0.2) is 8.42 Å². The van der Waals surface area contributed by atoms with Crippen LogP contribution in [0.2, 0.25) is 5.02 Å². The van der Waals surface area contributed by atoms with Crippen LogP contribution in [0.5, 0.6) is 5.75 Å². The summed E-state index contributed by atoms with van der Waals surface area (Å²) >= 11 is 5.95. The summed E-state index contributed by atoms with van der Waals surface area (Å²) in [6.45, 7) is 2.41. The van der Waals surface area contributed by atoms with Gasteiger partial charge < -0.3 is 10.1 Å². The number of ether oxygens (including phenoxy) is 1. The van der Waals surface area contributed by atoms with Gasteiger partial charge in [0.25, 0.3) is 0 Å². The molecule has 0 aliphatic rings. The van der Waals surface area contributed by atoms with Gasteiger partial charge in [0.2, 0.25) is 9.84 Å². The highest BCUT2D eigenvalue weighted by molar-refractivity contribution is 7.91. The van der Waals surface area contributed by atoms with Crippen LogP contribution in [0.4, 0.5) is 5.69 Å². The Hall–Kier alpha value is -3.09. The summed E-state index contributed by atoms with van der Waals surface area (Å²) in [5.41, 5.74) is 3.26. The van der Waals surface area contributed by atoms with Gasteiger partial charge in [0, 0.05) is 23.2 Å². The maximum Gasteiger partial charge on any atom is 0.210 e. The van der Waals surface area contributed by atoms with E-state index < -0.39 is 9.84 Å². The summed E-state index contributed by atoms with van der Waals surface area (Å²) in [5.74, 6) is 0.764. The molecule has 0 amide bonds. The van der Waals surface area contributed by atoms with Gasteiger partial charge in [-0.3, -0.25) is 4.98 Å². The first-order valence-corrected chi connectivity index (χ1v) is 11.5. The maximum atomic E-state index is 13.4. The fraction of sp³-hybridized carbons (Fsp3) is 0.125. The van der Waals surface area contributed by atoms with E-state index >= 15 is 0 Å². The average molecular weight is 453 g/mol. The molecule has 0 unspecified atom stereocenters. The number of hydrogen-bond donors (Lipinski definition) is 1. The lowest BCUT2D eigenvalue weighted by Crippen LogP contribution is -2.09. The van der Waals surface area contributed by atoms with Gasteiger partial charge >= 0.3 is 0 Å². The summed E-state index contributed by atoms with van der Waals surface area (Å²) in [5, 5.41) is 4.57. The lowest BCUT2D eigenvalue weighted by atomic mass is 10.1. The van der Waals surface area contributed by atoms with Crippen molar-refractivity contribution >= 4 is 38.0 Å². The number of fused-ring (bicyclic) bond motifs is 1. The van der Waals surface area contributed by atoms with E-state index in [-0.39, 0.29) is 9.79 Å². The van der Waals surface area contributed by atoms with E-state index in [0.717, 1.165) is 27.8 Å². The zero-order valence-corrected chi connectivity index (χ0v) is 18.7. The quantitative estimate of drug-likeness (QED) is 0.409. The minimum atomic E-state index is -3.81. The van der Waals surface area contributed by atoms with Gasteiger partial charge in [0.1, 0.15) is 10.6 Å². The minimum Gasteiger partial charge on any atom is -0.497 e. The Morgan fingerprint density at radius 2 is 1.71 bits per heavy atom. The molecule has 31 heavy (non-hydrogen) atoms. The molecule has 0 bridgehead atoms. The predicted octanol–water partition coefficient (Wildman–Crippen LogP) is 5.65. The molecule has 0 aliphatic heterocycles. The third-order valence-corrected chi connectivity index (χ3v) is 7.06. The van der Waals surface area contributed by atoms with Gasteiger partial charge in [-0.15, -0.1) is 0 Å². The maximum absolute atomic E-state index is 13.4. The average Bonchev–Trinajstić information content (AvgIpc) is 2.78. The molecule has 3 aromatic carbocycles. The standard InChI is InChI=1S/C24H21ClN2O3S/c1-16-3-12-22-21(13-16)24(27-14-17-4-8-19(30-2)9-5-17)23(15-26-22)31(28,29)20-10-6-18(25)7-11-20/h3-13,15H,14H2,1-2H3,(H,26,27). The zero-order valence-electron chi connectivity index (χ0n) is 17.1. The number of benzene rings is 3. The molecule has 0 spiro atoms. The van der Waals surface area contributed by atoms with Crippen LogP contribution in [0, 0.1) is 6.92 Å². The van der Waals surface area contributed by atoms with Crippen LogP contribution in [-0.2, 0) is 16.4 Å². The van der Waals surface area contributed by atoms with Crippen LogP contribution in [0.1, 0.15) is 11.1 Å². The van der Waals surface area contributed by atoms with Gasteiger partial charge in [-0.2, -0.15) is 0 Å². The van der Waals surface area contributed by atoms with Crippen LogP contribution >= 0.6 is 11.6 Å². The monoisotopic (exact) mass is 452 g/mol. The van der Waals surface area contributed by atoms with Crippen molar-refractivity contribution in [2.75, 3.05) is 12.4 Å². The van der Waals surface area contributed by atoms with E-state index in [1.807, 2.05) is 49.4 Å². The molecule has 158 valence electrons. The summed E-state index contributed by atoms with van der Waals surface area (Å²) in [4.78, 5) is 4.70. The van der Waals surface area contributed by atoms with E-state index in [0.29, 0.717) is 17.3 Å². The summed E-state index contributed by atoms with van der Waals surface area (Å²) in [7, 11) is -2.19. The molecule has 4 aromatic rings. The topological polar surface area (TPSA) is 68.3 Å². The lowest BCUT2D eigenvalue weighted by Gasteiger charge is -2.16. The van der Waals surface area contributed by atoms with Crippen molar-refractivity contribution in [1.82, 2.24) is 4.98 Å². The number of pyridine rings is 1. The van der Waals surface area contributed by atoms with Gasteiger partial charge in [0.05, 0.1) is 23.2 Å². The molecule has 0 aliphatic carbocycles. The Bertz CT molecular complexity index is 1340. The molecule has 1 N–H and O–H groups in total. The highest BCUT2D eigenvalue weighted by Gasteiger charge is 2.24. The number of aryl methyl sites for hydroxylation is 1. The lowest BCUT2D eigenvalue weighted by molar-refractivity contribution is 0.414. The Morgan fingerprint density at radius 1 is 1.00 bits per heavy atom. The molecular formula is C24H21ClN2O3S. The summed E-state index contributed by atoms with van der Waals surface area (Å²) in [6.07, 6.45) is 1.41. The fourth-order valence-electron chi connectivity index (χ4n) is 3.35. The highest BCUT2D eigenvalue weighted by Crippen LogP contribution is 2.34. The summed E-state index contributed by atoms with van der Waals surface area (Å²) < 4.78 is 32.1. The van der Waals surface area contributed by atoms with Gasteiger partial charge in [-0.05, 0) is 61.0 Å². The minimum absolute atomic E-state index is 0.126. The zero-order chi connectivity index (χ0) is 22.0. The fourth-order valence-corrected chi connectivity index (χ4v) is 4.87. The molecule has 0 fully saturated rings. The second-order valence-corrected chi connectivity index (χ2v) is 9.53. The van der Waals surface area contributed by atoms with E-state index in [9.17, 15) is 8.42 Å². The number of aromatic nitrogens is 1. The molecule has 1 heterocycles. The van der Waals surface area contributed by atoms with Crippen LogP contribution in [0.25, 0.3) is 10.9 Å². The Kier molecular flexibility index (Phi) is 5.85. The molecule has 1 aromatic heterocycles. The molecule has 0 atom stereocenters. The Balaban J connectivity index is 1.82. The van der Waals surface area contributed by atoms with E-state index in [1.54, 1.807) is 19.2 Å². The molecule has 7 heteroatoms. The highest BCUT2D eigenvalue weighted by atomic mass is 35.5. The van der Waals surface area contributed by atoms with E-state index in [1.165, 1.54) is 18.3 Å². The van der Waals surface area contributed by atoms with Crippen LogP contribution in [0.3, 0.4) is 0 Å². The smallest absolute Gasteiger partial charge is 0.210 e. The molecule has 4 rings (SSSR count). The molecule has 0 radical (unpaired) electrons. The van der Waals surface area contributed by atoms with Crippen molar-refractivity contribution < 1.29 is 13.2 Å². The van der Waals surface area contributed by atoms with Gasteiger partial charge in [0.15, 0.2) is 0 Å². The molecule has 5 nitrogen and oxygen atoms in total. The second kappa shape index (κ2) is 8.57. The second-order valence-electron chi connectivity index (χ2n) is 7.18. The van der Waals surface area contributed by atoms with E-state index in [2.05, 4.69) is 10.3 Å². The van der Waals surface area contributed by atoms with Crippen LogP contribution in [-0.4, -0.2) is 20.5 Å². The number of hydrogen-bond acceptors (Lipinski definition) is 5. The van der Waals surface area contributed by atoms with Crippen molar-refractivity contribution in [3.63, 3.8) is 0 Å². The number of nitrogens with zero attached hydrogens (tertiary/aromatic N) is 1. The molecular weight excluding hydrogens is 432 g/mol. The first-order chi connectivity index (χ1) is 14.9. The summed E-state index contributed by atoms with van der Waals surface area (Å²) in [6, 6.07) is 19.6. The number of halogens is 1.